The van der Waals surface area contributed by atoms with Crippen molar-refractivity contribution in [3.63, 3.8) is 0 Å². The zero-order chi connectivity index (χ0) is 8.10. The molecular formula is C9H15NS. The average molecular weight is 169 g/mol. The Labute approximate surface area is 72.2 Å². The molecule has 1 atom stereocenters. The van der Waals surface area contributed by atoms with Crippen molar-refractivity contribution in [2.45, 2.75) is 25.7 Å². The van der Waals surface area contributed by atoms with E-state index in [1.807, 2.05) is 11.3 Å². The Morgan fingerprint density at radius 2 is 2.45 bits per heavy atom. The van der Waals surface area contributed by atoms with Crippen LogP contribution in [0.2, 0.25) is 0 Å². The van der Waals surface area contributed by atoms with E-state index in [1.54, 1.807) is 0 Å². The van der Waals surface area contributed by atoms with E-state index in [0.717, 1.165) is 6.54 Å². The van der Waals surface area contributed by atoms with Crippen LogP contribution in [0, 0.1) is 0 Å². The summed E-state index contributed by atoms with van der Waals surface area (Å²) in [5, 5.41) is 2.12. The van der Waals surface area contributed by atoms with Gasteiger partial charge in [-0.2, -0.15) is 0 Å². The lowest BCUT2D eigenvalue weighted by molar-refractivity contribution is 0.632. The molecule has 11 heavy (non-hydrogen) atoms. The van der Waals surface area contributed by atoms with Gasteiger partial charge >= 0.3 is 0 Å². The lowest BCUT2D eigenvalue weighted by atomic mass is 10.0. The van der Waals surface area contributed by atoms with Crippen molar-refractivity contribution in [2.24, 2.45) is 5.73 Å². The number of rotatable bonds is 4. The fraction of sp³-hybridized carbons (Fsp3) is 0.556. The van der Waals surface area contributed by atoms with Gasteiger partial charge in [0, 0.05) is 10.8 Å². The fourth-order valence-corrected chi connectivity index (χ4v) is 2.13. The van der Waals surface area contributed by atoms with Gasteiger partial charge in [0.1, 0.15) is 0 Å². The minimum absolute atomic E-state index is 0.597. The summed E-state index contributed by atoms with van der Waals surface area (Å²) in [6, 6.07) is 4.27. The van der Waals surface area contributed by atoms with Crippen molar-refractivity contribution in [2.75, 3.05) is 6.54 Å². The van der Waals surface area contributed by atoms with Crippen LogP contribution >= 0.6 is 11.3 Å². The Bertz CT molecular complexity index is 181. The highest BCUT2D eigenvalue weighted by atomic mass is 32.1. The number of thiophene rings is 1. The molecule has 1 rings (SSSR count). The highest BCUT2D eigenvalue weighted by Crippen LogP contribution is 2.24. The SMILES string of the molecule is CCC[C@@H](CN)c1cccs1. The van der Waals surface area contributed by atoms with Crippen LogP contribution in [0.15, 0.2) is 17.5 Å². The normalized spacial score (nSPS) is 13.3. The number of hydrogen-bond donors (Lipinski definition) is 1. The Morgan fingerprint density at radius 1 is 1.64 bits per heavy atom. The van der Waals surface area contributed by atoms with E-state index in [-0.39, 0.29) is 0 Å². The monoisotopic (exact) mass is 169 g/mol. The van der Waals surface area contributed by atoms with E-state index in [4.69, 9.17) is 5.73 Å². The molecule has 1 aromatic heterocycles. The van der Waals surface area contributed by atoms with Crippen LogP contribution in [-0.2, 0) is 0 Å². The number of nitrogens with two attached hydrogens (primary N) is 1. The molecule has 62 valence electrons. The van der Waals surface area contributed by atoms with E-state index in [0.29, 0.717) is 5.92 Å². The summed E-state index contributed by atoms with van der Waals surface area (Å²) in [5.41, 5.74) is 5.66. The Balaban J connectivity index is 2.56. The topological polar surface area (TPSA) is 26.0 Å². The van der Waals surface area contributed by atoms with E-state index in [2.05, 4.69) is 24.4 Å². The minimum atomic E-state index is 0.597. The van der Waals surface area contributed by atoms with Gasteiger partial charge in [-0.3, -0.25) is 0 Å². The molecule has 0 fully saturated rings. The van der Waals surface area contributed by atoms with E-state index >= 15 is 0 Å². The van der Waals surface area contributed by atoms with Crippen molar-refractivity contribution >= 4 is 11.3 Å². The first kappa shape index (κ1) is 8.75. The molecule has 0 saturated heterocycles. The second-order valence-corrected chi connectivity index (χ2v) is 3.72. The van der Waals surface area contributed by atoms with Gasteiger partial charge < -0.3 is 5.73 Å². The van der Waals surface area contributed by atoms with E-state index < -0.39 is 0 Å². The first-order valence-electron chi connectivity index (χ1n) is 4.12. The summed E-state index contributed by atoms with van der Waals surface area (Å²) in [6.45, 7) is 2.99. The first-order valence-corrected chi connectivity index (χ1v) is 5.00. The Hall–Kier alpha value is -0.340. The fourth-order valence-electron chi connectivity index (χ4n) is 1.25. The molecule has 0 unspecified atom stereocenters. The molecule has 0 saturated carbocycles. The maximum Gasteiger partial charge on any atom is 0.00887 e. The standard InChI is InChI=1S/C9H15NS/c1-2-4-8(7-10)9-5-3-6-11-9/h3,5-6,8H,2,4,7,10H2,1H3/t8-/m0/s1. The third-order valence-electron chi connectivity index (χ3n) is 1.87. The summed E-state index contributed by atoms with van der Waals surface area (Å²) in [6.07, 6.45) is 2.44. The van der Waals surface area contributed by atoms with Crippen LogP contribution in [0.5, 0.6) is 0 Å². The molecule has 1 nitrogen and oxygen atoms in total. The van der Waals surface area contributed by atoms with Crippen molar-refractivity contribution in [1.82, 2.24) is 0 Å². The Kier molecular flexibility index (Phi) is 3.60. The van der Waals surface area contributed by atoms with Crippen LogP contribution < -0.4 is 5.73 Å². The van der Waals surface area contributed by atoms with Gasteiger partial charge in [0.25, 0.3) is 0 Å². The van der Waals surface area contributed by atoms with Crippen LogP contribution in [-0.4, -0.2) is 6.54 Å². The van der Waals surface area contributed by atoms with Crippen molar-refractivity contribution in [3.8, 4) is 0 Å². The average Bonchev–Trinajstić information content (AvgIpc) is 2.52. The molecule has 0 aliphatic rings. The molecule has 2 heteroatoms. The van der Waals surface area contributed by atoms with Crippen molar-refractivity contribution in [1.29, 1.82) is 0 Å². The summed E-state index contributed by atoms with van der Waals surface area (Å²) >= 11 is 1.82. The molecule has 0 spiro atoms. The largest absolute Gasteiger partial charge is 0.330 e. The van der Waals surface area contributed by atoms with Gasteiger partial charge in [0.2, 0.25) is 0 Å². The van der Waals surface area contributed by atoms with Crippen molar-refractivity contribution in [3.05, 3.63) is 22.4 Å². The van der Waals surface area contributed by atoms with E-state index in [1.165, 1.54) is 17.7 Å². The third kappa shape index (κ3) is 2.31. The van der Waals surface area contributed by atoms with Gasteiger partial charge in [-0.25, -0.2) is 0 Å². The molecule has 2 N–H and O–H groups in total. The molecule has 1 heterocycles. The molecule has 0 bridgehead atoms. The van der Waals surface area contributed by atoms with Gasteiger partial charge in [0.15, 0.2) is 0 Å². The highest BCUT2D eigenvalue weighted by Gasteiger charge is 2.08. The first-order chi connectivity index (χ1) is 5.38. The molecular weight excluding hydrogens is 154 g/mol. The van der Waals surface area contributed by atoms with Crippen molar-refractivity contribution < 1.29 is 0 Å². The molecule has 0 aliphatic heterocycles. The predicted octanol–water partition coefficient (Wildman–Crippen LogP) is 2.59. The summed E-state index contributed by atoms with van der Waals surface area (Å²) in [7, 11) is 0. The molecule has 0 aliphatic carbocycles. The van der Waals surface area contributed by atoms with E-state index in [9.17, 15) is 0 Å². The maximum atomic E-state index is 5.66. The maximum absolute atomic E-state index is 5.66. The molecule has 0 amide bonds. The van der Waals surface area contributed by atoms with Crippen LogP contribution in [0.3, 0.4) is 0 Å². The molecule has 0 radical (unpaired) electrons. The van der Waals surface area contributed by atoms with Crippen LogP contribution in [0.4, 0.5) is 0 Å². The quantitative estimate of drug-likeness (QED) is 0.736. The molecule has 1 aromatic rings. The minimum Gasteiger partial charge on any atom is -0.330 e. The Morgan fingerprint density at radius 3 is 2.91 bits per heavy atom. The van der Waals surface area contributed by atoms with Crippen LogP contribution in [0.1, 0.15) is 30.6 Å². The summed E-state index contributed by atoms with van der Waals surface area (Å²) in [4.78, 5) is 1.44. The smallest absolute Gasteiger partial charge is 0.00887 e. The zero-order valence-electron chi connectivity index (χ0n) is 6.92. The second-order valence-electron chi connectivity index (χ2n) is 2.74. The second kappa shape index (κ2) is 4.52. The molecule has 0 aromatic carbocycles. The zero-order valence-corrected chi connectivity index (χ0v) is 7.73. The van der Waals surface area contributed by atoms with Gasteiger partial charge in [-0.1, -0.05) is 19.4 Å². The predicted molar refractivity (Wildman–Crippen MR) is 51.0 cm³/mol. The lowest BCUT2D eigenvalue weighted by Gasteiger charge is -2.10. The van der Waals surface area contributed by atoms with Gasteiger partial charge in [-0.15, -0.1) is 11.3 Å². The van der Waals surface area contributed by atoms with Gasteiger partial charge in [-0.05, 0) is 24.4 Å². The summed E-state index contributed by atoms with van der Waals surface area (Å²) < 4.78 is 0. The summed E-state index contributed by atoms with van der Waals surface area (Å²) in [5.74, 6) is 0.597. The van der Waals surface area contributed by atoms with Crippen LogP contribution in [0.25, 0.3) is 0 Å². The van der Waals surface area contributed by atoms with Gasteiger partial charge in [0.05, 0.1) is 0 Å². The number of hydrogen-bond acceptors (Lipinski definition) is 2. The highest BCUT2D eigenvalue weighted by molar-refractivity contribution is 7.10. The third-order valence-corrected chi connectivity index (χ3v) is 2.90. The lowest BCUT2D eigenvalue weighted by Crippen LogP contribution is -2.10.